The zero-order valence-corrected chi connectivity index (χ0v) is 12.7. The fourth-order valence-corrected chi connectivity index (χ4v) is 3.87. The second-order valence-electron chi connectivity index (χ2n) is 7.25. The van der Waals surface area contributed by atoms with Crippen LogP contribution in [-0.2, 0) is 4.79 Å². The van der Waals surface area contributed by atoms with Crippen LogP contribution in [0.3, 0.4) is 0 Å². The van der Waals surface area contributed by atoms with Crippen LogP contribution < -0.4 is 11.1 Å². The third kappa shape index (κ3) is 3.13. The highest BCUT2D eigenvalue weighted by Crippen LogP contribution is 2.44. The monoisotopic (exact) mass is 266 g/mol. The van der Waals surface area contributed by atoms with Crippen molar-refractivity contribution in [1.82, 2.24) is 5.32 Å². The van der Waals surface area contributed by atoms with E-state index in [1.54, 1.807) is 0 Å². The van der Waals surface area contributed by atoms with Crippen molar-refractivity contribution in [1.29, 1.82) is 0 Å². The Morgan fingerprint density at radius 2 is 1.74 bits per heavy atom. The Labute approximate surface area is 117 Å². The number of carbonyl (C=O) groups excluding carboxylic acids is 1. The van der Waals surface area contributed by atoms with Crippen LogP contribution in [0.15, 0.2) is 0 Å². The van der Waals surface area contributed by atoms with Gasteiger partial charge in [-0.3, -0.25) is 4.79 Å². The Morgan fingerprint density at radius 3 is 2.37 bits per heavy atom. The summed E-state index contributed by atoms with van der Waals surface area (Å²) in [5.41, 5.74) is 6.18. The van der Waals surface area contributed by atoms with Gasteiger partial charge in [0.15, 0.2) is 0 Å². The Morgan fingerprint density at radius 1 is 1.11 bits per heavy atom. The van der Waals surface area contributed by atoms with Gasteiger partial charge < -0.3 is 11.1 Å². The number of nitrogens with one attached hydrogen (secondary N) is 1. The van der Waals surface area contributed by atoms with Crippen LogP contribution in [0.5, 0.6) is 0 Å². The summed E-state index contributed by atoms with van der Waals surface area (Å²) in [7, 11) is 0. The van der Waals surface area contributed by atoms with Crippen molar-refractivity contribution in [2.75, 3.05) is 0 Å². The molecule has 2 saturated carbocycles. The van der Waals surface area contributed by atoms with Crippen molar-refractivity contribution in [3.8, 4) is 0 Å². The second kappa shape index (κ2) is 5.82. The predicted octanol–water partition coefficient (Wildman–Crippen LogP) is 2.83. The van der Waals surface area contributed by atoms with E-state index in [0.717, 1.165) is 25.7 Å². The molecule has 3 unspecified atom stereocenters. The lowest BCUT2D eigenvalue weighted by molar-refractivity contribution is -0.133. The maximum absolute atomic E-state index is 12.6. The standard InChI is InChI=1S/C16H30N2O/c1-11-14(17)10-9-13(16(11,2)3)15(19)18-12-7-5-4-6-8-12/h11-14H,4-10,17H2,1-3H3,(H,18,19). The highest BCUT2D eigenvalue weighted by atomic mass is 16.2. The summed E-state index contributed by atoms with van der Waals surface area (Å²) in [5.74, 6) is 0.809. The molecular weight excluding hydrogens is 236 g/mol. The lowest BCUT2D eigenvalue weighted by Crippen LogP contribution is -2.53. The molecule has 2 rings (SSSR count). The van der Waals surface area contributed by atoms with Crippen molar-refractivity contribution in [3.05, 3.63) is 0 Å². The molecule has 2 aliphatic rings. The molecule has 0 aromatic rings. The van der Waals surface area contributed by atoms with Gasteiger partial charge in [-0.2, -0.15) is 0 Å². The highest BCUT2D eigenvalue weighted by molar-refractivity contribution is 5.80. The topological polar surface area (TPSA) is 55.1 Å². The van der Waals surface area contributed by atoms with Gasteiger partial charge in [-0.05, 0) is 37.0 Å². The Kier molecular flexibility index (Phi) is 4.54. The van der Waals surface area contributed by atoms with Crippen molar-refractivity contribution in [2.24, 2.45) is 23.0 Å². The molecule has 0 radical (unpaired) electrons. The fraction of sp³-hybridized carbons (Fsp3) is 0.938. The molecule has 1 amide bonds. The molecule has 3 nitrogen and oxygen atoms in total. The summed E-state index contributed by atoms with van der Waals surface area (Å²) in [6.45, 7) is 6.62. The number of amides is 1. The average Bonchev–Trinajstić information content (AvgIpc) is 2.37. The summed E-state index contributed by atoms with van der Waals surface area (Å²) in [6.07, 6.45) is 8.10. The molecule has 3 heteroatoms. The summed E-state index contributed by atoms with van der Waals surface area (Å²) >= 11 is 0. The van der Waals surface area contributed by atoms with Crippen molar-refractivity contribution in [2.45, 2.75) is 77.8 Å². The largest absolute Gasteiger partial charge is 0.353 e. The maximum Gasteiger partial charge on any atom is 0.223 e. The molecule has 0 heterocycles. The number of carbonyl (C=O) groups is 1. The van der Waals surface area contributed by atoms with Crippen molar-refractivity contribution in [3.63, 3.8) is 0 Å². The van der Waals surface area contributed by atoms with E-state index in [0.29, 0.717) is 12.0 Å². The molecule has 3 N–H and O–H groups in total. The van der Waals surface area contributed by atoms with Crippen molar-refractivity contribution < 1.29 is 4.79 Å². The van der Waals surface area contributed by atoms with Crippen molar-refractivity contribution >= 4 is 5.91 Å². The SMILES string of the molecule is CC1C(N)CCC(C(=O)NC2CCCCC2)C1(C)C. The first-order valence-corrected chi connectivity index (χ1v) is 7.99. The number of nitrogens with two attached hydrogens (primary N) is 1. The quantitative estimate of drug-likeness (QED) is 0.807. The van der Waals surface area contributed by atoms with E-state index in [1.807, 2.05) is 0 Å². The second-order valence-corrected chi connectivity index (χ2v) is 7.25. The van der Waals surface area contributed by atoms with Crippen LogP contribution >= 0.6 is 0 Å². The van der Waals surface area contributed by atoms with E-state index in [1.165, 1.54) is 19.3 Å². The van der Waals surface area contributed by atoms with E-state index in [4.69, 9.17) is 5.73 Å². The molecule has 19 heavy (non-hydrogen) atoms. The molecule has 0 aromatic carbocycles. The fourth-order valence-electron chi connectivity index (χ4n) is 3.87. The van der Waals surface area contributed by atoms with Gasteiger partial charge in [-0.25, -0.2) is 0 Å². The molecule has 0 bridgehead atoms. The van der Waals surface area contributed by atoms with E-state index in [9.17, 15) is 4.79 Å². The molecular formula is C16H30N2O. The predicted molar refractivity (Wildman–Crippen MR) is 78.7 cm³/mol. The van der Waals surface area contributed by atoms with Gasteiger partial charge in [0.05, 0.1) is 0 Å². The molecule has 0 spiro atoms. The minimum Gasteiger partial charge on any atom is -0.353 e. The molecule has 0 aliphatic heterocycles. The van der Waals surface area contributed by atoms with Gasteiger partial charge in [0.25, 0.3) is 0 Å². The first-order chi connectivity index (χ1) is 8.93. The van der Waals surface area contributed by atoms with Gasteiger partial charge in [0.1, 0.15) is 0 Å². The smallest absolute Gasteiger partial charge is 0.223 e. The zero-order valence-electron chi connectivity index (χ0n) is 12.7. The van der Waals surface area contributed by atoms with Crippen LogP contribution in [0.4, 0.5) is 0 Å². The van der Waals surface area contributed by atoms with Crippen LogP contribution in [0.1, 0.15) is 65.7 Å². The molecule has 110 valence electrons. The Bertz CT molecular complexity index is 321. The number of rotatable bonds is 2. The summed E-state index contributed by atoms with van der Waals surface area (Å²) in [4.78, 5) is 12.6. The van der Waals surface area contributed by atoms with Crippen LogP contribution in [0.25, 0.3) is 0 Å². The molecule has 0 saturated heterocycles. The summed E-state index contributed by atoms with van der Waals surface area (Å²) in [6, 6.07) is 0.664. The van der Waals surface area contributed by atoms with Gasteiger partial charge >= 0.3 is 0 Å². The van der Waals surface area contributed by atoms with Crippen LogP contribution in [0.2, 0.25) is 0 Å². The Hall–Kier alpha value is -0.570. The minimum absolute atomic E-state index is 0.0103. The average molecular weight is 266 g/mol. The number of hydrogen-bond donors (Lipinski definition) is 2. The summed E-state index contributed by atoms with van der Waals surface area (Å²) < 4.78 is 0. The number of hydrogen-bond acceptors (Lipinski definition) is 2. The first-order valence-electron chi connectivity index (χ1n) is 7.99. The third-order valence-corrected chi connectivity index (χ3v) is 5.77. The lowest BCUT2D eigenvalue weighted by atomic mass is 9.61. The lowest BCUT2D eigenvalue weighted by Gasteiger charge is -2.46. The zero-order chi connectivity index (χ0) is 14.0. The van der Waals surface area contributed by atoms with Crippen LogP contribution in [-0.4, -0.2) is 18.0 Å². The van der Waals surface area contributed by atoms with Gasteiger partial charge in [0, 0.05) is 18.0 Å². The van der Waals surface area contributed by atoms with E-state index >= 15 is 0 Å². The first kappa shape index (κ1) is 14.8. The maximum atomic E-state index is 12.6. The van der Waals surface area contributed by atoms with Gasteiger partial charge in [0.2, 0.25) is 5.91 Å². The van der Waals surface area contributed by atoms with Crippen LogP contribution in [0, 0.1) is 17.3 Å². The van der Waals surface area contributed by atoms with E-state index in [2.05, 4.69) is 26.1 Å². The Balaban J connectivity index is 1.97. The molecule has 0 aromatic heterocycles. The summed E-state index contributed by atoms with van der Waals surface area (Å²) in [5, 5.41) is 3.30. The molecule has 2 fully saturated rings. The van der Waals surface area contributed by atoms with E-state index in [-0.39, 0.29) is 23.3 Å². The molecule has 3 atom stereocenters. The minimum atomic E-state index is 0.0103. The highest BCUT2D eigenvalue weighted by Gasteiger charge is 2.45. The normalized spacial score (nSPS) is 35.9. The van der Waals surface area contributed by atoms with Gasteiger partial charge in [-0.1, -0.05) is 40.0 Å². The van der Waals surface area contributed by atoms with Gasteiger partial charge in [-0.15, -0.1) is 0 Å². The van der Waals surface area contributed by atoms with E-state index < -0.39 is 0 Å². The third-order valence-electron chi connectivity index (χ3n) is 5.77. The molecule has 2 aliphatic carbocycles.